The van der Waals surface area contributed by atoms with Crippen LogP contribution in [-0.4, -0.2) is 36.3 Å². The molecule has 0 unspecified atom stereocenters. The molecule has 5 heteroatoms. The maximum atomic E-state index is 9.89. The summed E-state index contributed by atoms with van der Waals surface area (Å²) in [6.07, 6.45) is 1.57. The molecule has 1 aliphatic rings. The van der Waals surface area contributed by atoms with Crippen molar-refractivity contribution >= 4 is 23.2 Å². The molecule has 2 aromatic carbocycles. The highest BCUT2D eigenvalue weighted by Crippen LogP contribution is 2.36. The van der Waals surface area contributed by atoms with Crippen LogP contribution in [0.25, 0.3) is 0 Å². The number of likely N-dealkylation sites (N-methyl/N-ethyl adjacent to an activating group) is 1. The van der Waals surface area contributed by atoms with Gasteiger partial charge in [0.25, 0.3) is 0 Å². The van der Waals surface area contributed by atoms with E-state index in [1.807, 2.05) is 6.07 Å². The van der Waals surface area contributed by atoms with Gasteiger partial charge in [-0.1, -0.05) is 53.5 Å². The minimum Gasteiger partial charge on any atom is -0.393 e. The molecular weight excluding hydrogens is 357 g/mol. The fourth-order valence-electron chi connectivity index (χ4n) is 3.58. The Bertz CT molecular complexity index is 675. The number of aliphatic hydroxyl groups excluding tert-OH is 1. The largest absolute Gasteiger partial charge is 0.393 e. The van der Waals surface area contributed by atoms with E-state index in [1.165, 1.54) is 5.56 Å². The van der Waals surface area contributed by atoms with Gasteiger partial charge < -0.3 is 9.84 Å². The zero-order valence-electron chi connectivity index (χ0n) is 14.2. The second kappa shape index (κ2) is 8.52. The molecule has 1 heterocycles. The topological polar surface area (TPSA) is 32.7 Å². The van der Waals surface area contributed by atoms with Gasteiger partial charge in [-0.25, -0.2) is 0 Å². The number of likely N-dealkylation sites (tertiary alicyclic amines) is 1. The molecule has 0 spiro atoms. The molecule has 3 nitrogen and oxygen atoms in total. The van der Waals surface area contributed by atoms with Crippen LogP contribution in [0.3, 0.4) is 0 Å². The second-order valence-corrected chi connectivity index (χ2v) is 7.40. The smallest absolute Gasteiger partial charge is 0.106 e. The van der Waals surface area contributed by atoms with Gasteiger partial charge in [0.05, 0.1) is 18.8 Å². The lowest BCUT2D eigenvalue weighted by Crippen LogP contribution is -2.41. The first-order chi connectivity index (χ1) is 12.1. The quantitative estimate of drug-likeness (QED) is 0.803. The van der Waals surface area contributed by atoms with Gasteiger partial charge in [0.1, 0.15) is 6.10 Å². The highest BCUT2D eigenvalue weighted by atomic mass is 35.5. The molecule has 1 fully saturated rings. The van der Waals surface area contributed by atoms with Crippen molar-refractivity contribution in [3.05, 3.63) is 69.7 Å². The number of hydrogen-bond donors (Lipinski definition) is 1. The van der Waals surface area contributed by atoms with E-state index in [1.54, 1.807) is 18.2 Å². The molecule has 1 N–H and O–H groups in total. The van der Waals surface area contributed by atoms with Gasteiger partial charge in [0, 0.05) is 10.0 Å². The molecule has 2 aromatic rings. The first-order valence-electron chi connectivity index (χ1n) is 8.56. The Morgan fingerprint density at radius 3 is 2.48 bits per heavy atom. The number of aliphatic hydroxyl groups is 1. The van der Waals surface area contributed by atoms with E-state index in [9.17, 15) is 5.11 Å². The number of piperidine rings is 1. The predicted molar refractivity (Wildman–Crippen MR) is 102 cm³/mol. The number of halogens is 2. The number of hydrogen-bond acceptors (Lipinski definition) is 3. The van der Waals surface area contributed by atoms with Crippen molar-refractivity contribution in [2.75, 3.05) is 20.2 Å². The maximum absolute atomic E-state index is 9.89. The molecule has 0 amide bonds. The van der Waals surface area contributed by atoms with Crippen molar-refractivity contribution in [2.45, 2.75) is 31.1 Å². The van der Waals surface area contributed by atoms with Gasteiger partial charge in [-0.15, -0.1) is 0 Å². The molecule has 0 aromatic heterocycles. The average molecular weight is 380 g/mol. The van der Waals surface area contributed by atoms with Crippen LogP contribution in [0, 0.1) is 0 Å². The Kier molecular flexibility index (Phi) is 6.37. The molecule has 25 heavy (non-hydrogen) atoms. The van der Waals surface area contributed by atoms with Gasteiger partial charge in [0.15, 0.2) is 0 Å². The van der Waals surface area contributed by atoms with E-state index in [-0.39, 0.29) is 18.8 Å². The first-order valence-corrected chi connectivity index (χ1v) is 9.31. The van der Waals surface area contributed by atoms with Gasteiger partial charge in [-0.2, -0.15) is 0 Å². The monoisotopic (exact) mass is 379 g/mol. The summed E-state index contributed by atoms with van der Waals surface area (Å²) in [5.41, 5.74) is 2.04. The third kappa shape index (κ3) is 4.55. The van der Waals surface area contributed by atoms with E-state index in [2.05, 4.69) is 36.2 Å². The van der Waals surface area contributed by atoms with Crippen LogP contribution in [0.5, 0.6) is 0 Å². The molecule has 0 aliphatic carbocycles. The maximum Gasteiger partial charge on any atom is 0.106 e. The fourth-order valence-corrected chi connectivity index (χ4v) is 4.13. The molecular formula is C20H23Cl2NO2. The second-order valence-electron chi connectivity index (χ2n) is 6.53. The summed E-state index contributed by atoms with van der Waals surface area (Å²) >= 11 is 12.2. The van der Waals surface area contributed by atoms with Gasteiger partial charge >= 0.3 is 0 Å². The normalized spacial score (nSPS) is 22.7. The number of nitrogens with zero attached hydrogens (tertiary/aromatic N) is 1. The molecule has 3 rings (SSSR count). The van der Waals surface area contributed by atoms with Crippen LogP contribution in [0.15, 0.2) is 48.5 Å². The summed E-state index contributed by atoms with van der Waals surface area (Å²) in [7, 11) is 2.12. The third-order valence-electron chi connectivity index (χ3n) is 4.73. The van der Waals surface area contributed by atoms with Crippen molar-refractivity contribution in [1.82, 2.24) is 4.90 Å². The van der Waals surface area contributed by atoms with Crippen LogP contribution in [0.2, 0.25) is 10.0 Å². The first kappa shape index (κ1) is 18.7. The van der Waals surface area contributed by atoms with Crippen molar-refractivity contribution in [2.24, 2.45) is 0 Å². The summed E-state index contributed by atoms with van der Waals surface area (Å²) in [5.74, 6) is 0. The average Bonchev–Trinajstić information content (AvgIpc) is 2.59. The Hall–Kier alpha value is -1.10. The molecule has 0 saturated carbocycles. The van der Waals surface area contributed by atoms with Crippen molar-refractivity contribution in [3.63, 3.8) is 0 Å². The van der Waals surface area contributed by atoms with E-state index < -0.39 is 6.10 Å². The van der Waals surface area contributed by atoms with Crippen LogP contribution in [-0.2, 0) is 4.74 Å². The van der Waals surface area contributed by atoms with Crippen LogP contribution in [0.1, 0.15) is 36.1 Å². The van der Waals surface area contributed by atoms with Crippen molar-refractivity contribution in [3.8, 4) is 0 Å². The van der Waals surface area contributed by atoms with Crippen LogP contribution >= 0.6 is 23.2 Å². The van der Waals surface area contributed by atoms with Crippen molar-refractivity contribution < 1.29 is 9.84 Å². The Labute approximate surface area is 159 Å². The van der Waals surface area contributed by atoms with E-state index in [0.717, 1.165) is 24.9 Å². The van der Waals surface area contributed by atoms with E-state index >= 15 is 0 Å². The van der Waals surface area contributed by atoms with Crippen LogP contribution < -0.4 is 0 Å². The SMILES string of the molecule is CN1CCC[C@H](O[C@H](CO)c2cc(Cl)cc(Cl)c2)[C@@H]1c1ccccc1. The van der Waals surface area contributed by atoms with Crippen molar-refractivity contribution in [1.29, 1.82) is 0 Å². The fraction of sp³-hybridized carbons (Fsp3) is 0.400. The Morgan fingerprint density at radius 1 is 1.16 bits per heavy atom. The standard InChI is InChI=1S/C20H23Cl2NO2/c1-23-9-5-8-18(20(23)14-6-3-2-4-7-14)25-19(13-24)15-10-16(21)12-17(22)11-15/h2-4,6-7,10-12,18-20,24H,5,8-9,13H2,1H3/t18-,19+,20-/m0/s1. The Morgan fingerprint density at radius 2 is 1.84 bits per heavy atom. The lowest BCUT2D eigenvalue weighted by molar-refractivity contribution is -0.0936. The zero-order valence-corrected chi connectivity index (χ0v) is 15.7. The van der Waals surface area contributed by atoms with Gasteiger partial charge in [-0.3, -0.25) is 4.90 Å². The summed E-state index contributed by atoms with van der Waals surface area (Å²) < 4.78 is 6.37. The summed E-state index contributed by atoms with van der Waals surface area (Å²) in [4.78, 5) is 2.32. The molecule has 0 radical (unpaired) electrons. The molecule has 1 saturated heterocycles. The van der Waals surface area contributed by atoms with Crippen LogP contribution in [0.4, 0.5) is 0 Å². The van der Waals surface area contributed by atoms with E-state index in [0.29, 0.717) is 10.0 Å². The summed E-state index contributed by atoms with van der Waals surface area (Å²) in [5, 5.41) is 11.0. The molecule has 3 atom stereocenters. The van der Waals surface area contributed by atoms with Gasteiger partial charge in [0.2, 0.25) is 0 Å². The predicted octanol–water partition coefficient (Wildman–Crippen LogP) is 4.88. The molecule has 0 bridgehead atoms. The minimum atomic E-state index is -0.445. The highest BCUT2D eigenvalue weighted by Gasteiger charge is 2.33. The molecule has 1 aliphatic heterocycles. The number of rotatable bonds is 5. The molecule has 134 valence electrons. The minimum absolute atomic E-state index is 0.00365. The summed E-state index contributed by atoms with van der Waals surface area (Å²) in [6.45, 7) is 0.921. The number of benzene rings is 2. The number of ether oxygens (including phenoxy) is 1. The van der Waals surface area contributed by atoms with Gasteiger partial charge in [-0.05, 0) is 55.8 Å². The highest BCUT2D eigenvalue weighted by molar-refractivity contribution is 6.34. The lowest BCUT2D eigenvalue weighted by atomic mass is 9.92. The summed E-state index contributed by atoms with van der Waals surface area (Å²) in [6, 6.07) is 15.8. The van der Waals surface area contributed by atoms with E-state index in [4.69, 9.17) is 27.9 Å². The third-order valence-corrected chi connectivity index (χ3v) is 5.17. The lowest BCUT2D eigenvalue weighted by Gasteiger charge is -2.40. The zero-order chi connectivity index (χ0) is 17.8. The Balaban J connectivity index is 1.84.